The summed E-state index contributed by atoms with van der Waals surface area (Å²) in [7, 11) is 0. The fraction of sp³-hybridized carbons (Fsp3) is 0.643. The predicted octanol–water partition coefficient (Wildman–Crippen LogP) is 1.01. The molecule has 106 valence electrons. The number of hydrogen-bond acceptors (Lipinski definition) is 6. The number of ether oxygens (including phenoxy) is 1. The molecule has 0 aliphatic carbocycles. The molecule has 1 unspecified atom stereocenters. The van der Waals surface area contributed by atoms with Crippen LogP contribution >= 0.6 is 0 Å². The van der Waals surface area contributed by atoms with Gasteiger partial charge in [0.25, 0.3) is 0 Å². The second kappa shape index (κ2) is 6.16. The third-order valence-corrected chi connectivity index (χ3v) is 4.07. The fourth-order valence-corrected chi connectivity index (χ4v) is 3.01. The van der Waals surface area contributed by atoms with Crippen molar-refractivity contribution in [3.63, 3.8) is 0 Å². The summed E-state index contributed by atoms with van der Waals surface area (Å²) in [4.78, 5) is 10.8. The Kier molecular flexibility index (Phi) is 4.09. The standard InChI is InChI=1S/C14H19N5O/c15-9-13-14(17-5-4-16-13)18-11-1-6-19(10-11)12-2-7-20-8-3-12/h4-5,11-12H,1-3,6-8,10H2,(H,17,18). The molecule has 0 bridgehead atoms. The topological polar surface area (TPSA) is 74.1 Å². The van der Waals surface area contributed by atoms with Crippen molar-refractivity contribution in [2.24, 2.45) is 0 Å². The zero-order chi connectivity index (χ0) is 13.8. The lowest BCUT2D eigenvalue weighted by Gasteiger charge is -2.31. The first-order valence-corrected chi connectivity index (χ1v) is 7.16. The van der Waals surface area contributed by atoms with Gasteiger partial charge >= 0.3 is 0 Å². The van der Waals surface area contributed by atoms with Gasteiger partial charge in [0, 0.05) is 50.8 Å². The Morgan fingerprint density at radius 3 is 2.85 bits per heavy atom. The SMILES string of the molecule is N#Cc1nccnc1NC1CCN(C2CCOCC2)C1. The maximum absolute atomic E-state index is 9.03. The van der Waals surface area contributed by atoms with E-state index in [1.54, 1.807) is 12.4 Å². The summed E-state index contributed by atoms with van der Waals surface area (Å²) in [6.45, 7) is 3.86. The van der Waals surface area contributed by atoms with Gasteiger partial charge in [0.15, 0.2) is 11.5 Å². The summed E-state index contributed by atoms with van der Waals surface area (Å²) in [6.07, 6.45) is 6.50. The number of nitrogens with zero attached hydrogens (tertiary/aromatic N) is 4. The minimum atomic E-state index is 0.349. The second-order valence-electron chi connectivity index (χ2n) is 5.33. The lowest BCUT2D eigenvalue weighted by molar-refractivity contribution is 0.0421. The molecule has 1 atom stereocenters. The van der Waals surface area contributed by atoms with Gasteiger partial charge in [0.2, 0.25) is 0 Å². The van der Waals surface area contributed by atoms with E-state index in [4.69, 9.17) is 10.00 Å². The molecule has 2 aliphatic heterocycles. The van der Waals surface area contributed by atoms with Crippen LogP contribution in [0.15, 0.2) is 12.4 Å². The number of nitrogens with one attached hydrogen (secondary N) is 1. The summed E-state index contributed by atoms with van der Waals surface area (Å²) in [5.74, 6) is 0.605. The van der Waals surface area contributed by atoms with Crippen molar-refractivity contribution in [3.8, 4) is 6.07 Å². The molecule has 1 N–H and O–H groups in total. The molecule has 0 amide bonds. The Morgan fingerprint density at radius 1 is 1.25 bits per heavy atom. The quantitative estimate of drug-likeness (QED) is 0.886. The van der Waals surface area contributed by atoms with Crippen molar-refractivity contribution in [2.75, 3.05) is 31.6 Å². The van der Waals surface area contributed by atoms with E-state index in [1.807, 2.05) is 0 Å². The molecule has 3 heterocycles. The van der Waals surface area contributed by atoms with Crippen LogP contribution < -0.4 is 5.32 Å². The molecule has 2 saturated heterocycles. The first-order valence-electron chi connectivity index (χ1n) is 7.16. The van der Waals surface area contributed by atoms with Crippen LogP contribution in [-0.4, -0.2) is 53.3 Å². The van der Waals surface area contributed by atoms with Crippen molar-refractivity contribution in [1.29, 1.82) is 5.26 Å². The minimum absolute atomic E-state index is 0.349. The molecule has 1 aromatic heterocycles. The van der Waals surface area contributed by atoms with Gasteiger partial charge in [0.1, 0.15) is 6.07 Å². The second-order valence-corrected chi connectivity index (χ2v) is 5.33. The Morgan fingerprint density at radius 2 is 2.05 bits per heavy atom. The lowest BCUT2D eigenvalue weighted by atomic mass is 10.1. The molecule has 0 aromatic carbocycles. The number of rotatable bonds is 3. The van der Waals surface area contributed by atoms with E-state index >= 15 is 0 Å². The maximum Gasteiger partial charge on any atom is 0.182 e. The minimum Gasteiger partial charge on any atom is -0.381 e. The van der Waals surface area contributed by atoms with Crippen molar-refractivity contribution < 1.29 is 4.74 Å². The average Bonchev–Trinajstić information content (AvgIpc) is 2.97. The predicted molar refractivity (Wildman–Crippen MR) is 74.2 cm³/mol. The third kappa shape index (κ3) is 2.89. The highest BCUT2D eigenvalue weighted by Gasteiger charge is 2.29. The molecule has 2 aliphatic rings. The van der Waals surface area contributed by atoms with Crippen LogP contribution in [0.2, 0.25) is 0 Å². The van der Waals surface area contributed by atoms with E-state index < -0.39 is 0 Å². The maximum atomic E-state index is 9.03. The van der Waals surface area contributed by atoms with Crippen molar-refractivity contribution in [2.45, 2.75) is 31.3 Å². The number of anilines is 1. The van der Waals surface area contributed by atoms with Crippen LogP contribution in [0.3, 0.4) is 0 Å². The first-order chi connectivity index (χ1) is 9.86. The molecule has 3 rings (SSSR count). The highest BCUT2D eigenvalue weighted by Crippen LogP contribution is 2.22. The Bertz CT molecular complexity index is 495. The van der Waals surface area contributed by atoms with Crippen LogP contribution in [-0.2, 0) is 4.74 Å². The van der Waals surface area contributed by atoms with Gasteiger partial charge in [-0.25, -0.2) is 9.97 Å². The van der Waals surface area contributed by atoms with E-state index in [1.165, 1.54) is 0 Å². The van der Waals surface area contributed by atoms with Gasteiger partial charge in [0.05, 0.1) is 0 Å². The monoisotopic (exact) mass is 273 g/mol. The van der Waals surface area contributed by atoms with Gasteiger partial charge < -0.3 is 10.1 Å². The summed E-state index contributed by atoms with van der Waals surface area (Å²) < 4.78 is 5.42. The van der Waals surface area contributed by atoms with Gasteiger partial charge in [-0.3, -0.25) is 4.90 Å². The zero-order valence-electron chi connectivity index (χ0n) is 11.5. The zero-order valence-corrected chi connectivity index (χ0v) is 11.5. The van der Waals surface area contributed by atoms with Crippen molar-refractivity contribution in [3.05, 3.63) is 18.1 Å². The number of likely N-dealkylation sites (tertiary alicyclic amines) is 1. The van der Waals surface area contributed by atoms with E-state index in [0.29, 0.717) is 23.6 Å². The van der Waals surface area contributed by atoms with Crippen molar-refractivity contribution >= 4 is 5.82 Å². The molecule has 6 heteroatoms. The Hall–Kier alpha value is -1.71. The smallest absolute Gasteiger partial charge is 0.182 e. The first kappa shape index (κ1) is 13.3. The molecule has 0 saturated carbocycles. The molecule has 6 nitrogen and oxygen atoms in total. The van der Waals surface area contributed by atoms with E-state index in [9.17, 15) is 0 Å². The number of aromatic nitrogens is 2. The molecular weight excluding hydrogens is 254 g/mol. The third-order valence-electron chi connectivity index (χ3n) is 4.07. The lowest BCUT2D eigenvalue weighted by Crippen LogP contribution is -2.39. The molecular formula is C14H19N5O. The van der Waals surface area contributed by atoms with Crippen LogP contribution in [0.4, 0.5) is 5.82 Å². The van der Waals surface area contributed by atoms with E-state index in [-0.39, 0.29) is 0 Å². The molecule has 1 aromatic rings. The number of nitriles is 1. The van der Waals surface area contributed by atoms with Crippen LogP contribution in [0.5, 0.6) is 0 Å². The largest absolute Gasteiger partial charge is 0.381 e. The van der Waals surface area contributed by atoms with Crippen LogP contribution in [0.1, 0.15) is 25.0 Å². The van der Waals surface area contributed by atoms with Crippen molar-refractivity contribution in [1.82, 2.24) is 14.9 Å². The molecule has 20 heavy (non-hydrogen) atoms. The summed E-state index contributed by atoms with van der Waals surface area (Å²) >= 11 is 0. The van der Waals surface area contributed by atoms with E-state index in [2.05, 4.69) is 26.3 Å². The Balaban J connectivity index is 1.59. The highest BCUT2D eigenvalue weighted by atomic mass is 16.5. The summed E-state index contributed by atoms with van der Waals surface area (Å²) in [6, 6.07) is 3.07. The van der Waals surface area contributed by atoms with Gasteiger partial charge in [-0.05, 0) is 19.3 Å². The number of hydrogen-bond donors (Lipinski definition) is 1. The summed E-state index contributed by atoms with van der Waals surface area (Å²) in [5.41, 5.74) is 0.372. The van der Waals surface area contributed by atoms with Crippen LogP contribution in [0.25, 0.3) is 0 Å². The molecule has 2 fully saturated rings. The van der Waals surface area contributed by atoms with Gasteiger partial charge in [-0.1, -0.05) is 0 Å². The Labute approximate surface area is 118 Å². The van der Waals surface area contributed by atoms with Crippen LogP contribution in [0, 0.1) is 11.3 Å². The summed E-state index contributed by atoms with van der Waals surface area (Å²) in [5, 5.41) is 12.4. The van der Waals surface area contributed by atoms with Gasteiger partial charge in [-0.2, -0.15) is 5.26 Å². The highest BCUT2D eigenvalue weighted by molar-refractivity contribution is 5.47. The fourth-order valence-electron chi connectivity index (χ4n) is 3.01. The van der Waals surface area contributed by atoms with E-state index in [0.717, 1.165) is 45.6 Å². The average molecular weight is 273 g/mol. The normalized spacial score (nSPS) is 24.4. The van der Waals surface area contributed by atoms with Gasteiger partial charge in [-0.15, -0.1) is 0 Å². The molecule has 0 radical (unpaired) electrons. The molecule has 0 spiro atoms.